The van der Waals surface area contributed by atoms with E-state index in [1.54, 1.807) is 6.08 Å². The van der Waals surface area contributed by atoms with E-state index in [0.29, 0.717) is 30.0 Å². The molecule has 0 spiro atoms. The third-order valence-electron chi connectivity index (χ3n) is 4.62. The van der Waals surface area contributed by atoms with Crippen LogP contribution in [-0.2, 0) is 24.3 Å². The van der Waals surface area contributed by atoms with Crippen molar-refractivity contribution in [3.8, 4) is 0 Å². The van der Waals surface area contributed by atoms with Gasteiger partial charge >= 0.3 is 12.2 Å². The summed E-state index contributed by atoms with van der Waals surface area (Å²) in [6, 6.07) is -1.09. The molecule has 0 heterocycles. The standard InChI is InChI=1S/C22H32N2O7S/c1-6-13-30-21(26)23(22(27)31-14-7-2)24(32(5,28)29)20-15-18(10-8-9-17(3)4)11-12-19(20)16-25/h6-7,9,15-16,19-20H,1-2,8,10-14H2,3-5H3/t19-,20+/m0/s1. The van der Waals surface area contributed by atoms with Crippen LogP contribution in [0.4, 0.5) is 9.59 Å². The van der Waals surface area contributed by atoms with Crippen molar-refractivity contribution in [3.05, 3.63) is 48.6 Å². The molecule has 2 amide bonds. The Morgan fingerprint density at radius 3 is 2.16 bits per heavy atom. The maximum absolute atomic E-state index is 12.8. The zero-order valence-corrected chi connectivity index (χ0v) is 19.7. The molecule has 2 atom stereocenters. The molecule has 0 radical (unpaired) electrons. The summed E-state index contributed by atoms with van der Waals surface area (Å²) in [4.78, 5) is 37.1. The largest absolute Gasteiger partial charge is 0.444 e. The third-order valence-corrected chi connectivity index (χ3v) is 5.71. The van der Waals surface area contributed by atoms with Gasteiger partial charge in [0.05, 0.1) is 12.3 Å². The van der Waals surface area contributed by atoms with Crippen LogP contribution >= 0.6 is 0 Å². The molecule has 0 N–H and O–H groups in total. The van der Waals surface area contributed by atoms with Crippen LogP contribution in [0.25, 0.3) is 0 Å². The van der Waals surface area contributed by atoms with Gasteiger partial charge < -0.3 is 14.3 Å². The molecule has 1 rings (SSSR count). The van der Waals surface area contributed by atoms with E-state index in [1.165, 1.54) is 12.2 Å². The average Bonchev–Trinajstić information content (AvgIpc) is 2.72. The van der Waals surface area contributed by atoms with Crippen LogP contribution in [0.2, 0.25) is 0 Å². The summed E-state index contributed by atoms with van der Waals surface area (Å²) >= 11 is 0. The van der Waals surface area contributed by atoms with Gasteiger partial charge in [0, 0.05) is 5.92 Å². The minimum absolute atomic E-state index is 0.257. The van der Waals surface area contributed by atoms with Crippen molar-refractivity contribution in [2.45, 2.75) is 45.6 Å². The highest BCUT2D eigenvalue weighted by Gasteiger charge is 2.44. The second kappa shape index (κ2) is 13.0. The fourth-order valence-corrected chi connectivity index (χ4v) is 4.31. The van der Waals surface area contributed by atoms with Gasteiger partial charge in [-0.1, -0.05) is 53.0 Å². The van der Waals surface area contributed by atoms with Crippen molar-refractivity contribution in [1.82, 2.24) is 9.42 Å². The molecular weight excluding hydrogens is 436 g/mol. The quantitative estimate of drug-likeness (QED) is 0.258. The number of nitrogens with zero attached hydrogens (tertiary/aromatic N) is 2. The van der Waals surface area contributed by atoms with E-state index in [4.69, 9.17) is 9.47 Å². The van der Waals surface area contributed by atoms with Gasteiger partial charge in [-0.15, -0.1) is 5.01 Å². The van der Waals surface area contributed by atoms with Crippen molar-refractivity contribution in [2.75, 3.05) is 19.5 Å². The number of amides is 2. The molecule has 0 saturated heterocycles. The second-order valence-corrected chi connectivity index (χ2v) is 9.39. The molecule has 0 aliphatic heterocycles. The zero-order chi connectivity index (χ0) is 24.3. The average molecular weight is 469 g/mol. The lowest BCUT2D eigenvalue weighted by Gasteiger charge is -2.38. The van der Waals surface area contributed by atoms with Gasteiger partial charge in [0.25, 0.3) is 0 Å². The third kappa shape index (κ3) is 8.08. The number of ether oxygens (including phenoxy) is 2. The zero-order valence-electron chi connectivity index (χ0n) is 18.9. The lowest BCUT2D eigenvalue weighted by molar-refractivity contribution is -0.113. The Hall–Kier alpha value is -2.72. The Morgan fingerprint density at radius 1 is 1.16 bits per heavy atom. The number of allylic oxidation sites excluding steroid dienone is 3. The second-order valence-electron chi connectivity index (χ2n) is 7.55. The molecule has 9 nitrogen and oxygen atoms in total. The maximum atomic E-state index is 12.8. The number of sulfonamides is 1. The molecule has 32 heavy (non-hydrogen) atoms. The first-order valence-electron chi connectivity index (χ1n) is 10.2. The highest BCUT2D eigenvalue weighted by molar-refractivity contribution is 7.88. The first-order valence-corrected chi connectivity index (χ1v) is 12.0. The summed E-state index contributed by atoms with van der Waals surface area (Å²) in [6.07, 6.45) is 7.57. The lowest BCUT2D eigenvalue weighted by atomic mass is 9.85. The molecule has 0 unspecified atom stereocenters. The van der Waals surface area contributed by atoms with Gasteiger partial charge in [0.1, 0.15) is 19.5 Å². The maximum Gasteiger partial charge on any atom is 0.435 e. The van der Waals surface area contributed by atoms with Crippen LogP contribution < -0.4 is 0 Å². The number of hydrogen-bond acceptors (Lipinski definition) is 7. The SMILES string of the molecule is C=CCOC(=O)N(C(=O)OCC=C)N([C@@H]1C=C(CCC=C(C)C)CC[C@H]1C=O)S(C)(=O)=O. The van der Waals surface area contributed by atoms with Gasteiger partial charge in [-0.3, -0.25) is 0 Å². The van der Waals surface area contributed by atoms with Crippen molar-refractivity contribution in [1.29, 1.82) is 0 Å². The van der Waals surface area contributed by atoms with Crippen LogP contribution in [0.1, 0.15) is 39.5 Å². The van der Waals surface area contributed by atoms with Gasteiger partial charge in [-0.25, -0.2) is 18.0 Å². The van der Waals surface area contributed by atoms with Crippen LogP contribution in [0.5, 0.6) is 0 Å². The number of carbonyl (C=O) groups is 3. The minimum atomic E-state index is -4.21. The van der Waals surface area contributed by atoms with Crippen LogP contribution in [-0.4, -0.2) is 61.8 Å². The lowest BCUT2D eigenvalue weighted by Crippen LogP contribution is -2.59. The van der Waals surface area contributed by atoms with Crippen LogP contribution in [0.3, 0.4) is 0 Å². The van der Waals surface area contributed by atoms with Crippen molar-refractivity contribution in [3.63, 3.8) is 0 Å². The highest BCUT2D eigenvalue weighted by atomic mass is 32.2. The summed E-state index contributed by atoms with van der Waals surface area (Å²) in [5.74, 6) is -0.765. The molecule has 10 heteroatoms. The smallest absolute Gasteiger partial charge is 0.435 e. The van der Waals surface area contributed by atoms with E-state index in [0.717, 1.165) is 23.8 Å². The van der Waals surface area contributed by atoms with Crippen molar-refractivity contribution in [2.24, 2.45) is 5.92 Å². The van der Waals surface area contributed by atoms with Crippen LogP contribution in [0.15, 0.2) is 48.6 Å². The predicted molar refractivity (Wildman–Crippen MR) is 121 cm³/mol. The Bertz CT molecular complexity index is 849. The molecule has 0 fully saturated rings. The molecule has 0 saturated carbocycles. The predicted octanol–water partition coefficient (Wildman–Crippen LogP) is 3.76. The van der Waals surface area contributed by atoms with E-state index >= 15 is 0 Å². The van der Waals surface area contributed by atoms with E-state index in [-0.39, 0.29) is 18.2 Å². The summed E-state index contributed by atoms with van der Waals surface area (Å²) in [7, 11) is -4.21. The van der Waals surface area contributed by atoms with E-state index in [9.17, 15) is 22.8 Å². The topological polar surface area (TPSA) is 110 Å². The van der Waals surface area contributed by atoms with Gasteiger partial charge in [-0.2, -0.15) is 0 Å². The number of carbonyl (C=O) groups excluding carboxylic acids is 3. The summed E-state index contributed by atoms with van der Waals surface area (Å²) in [5.41, 5.74) is 2.08. The van der Waals surface area contributed by atoms with E-state index in [1.807, 2.05) is 13.8 Å². The molecule has 0 bridgehead atoms. The molecule has 0 aromatic rings. The van der Waals surface area contributed by atoms with E-state index in [2.05, 4.69) is 19.2 Å². The van der Waals surface area contributed by atoms with E-state index < -0.39 is 34.2 Å². The van der Waals surface area contributed by atoms with Crippen molar-refractivity contribution < 1.29 is 32.3 Å². The number of aldehydes is 1. The first-order chi connectivity index (χ1) is 15.1. The summed E-state index contributed by atoms with van der Waals surface area (Å²) < 4.78 is 36.0. The molecule has 178 valence electrons. The summed E-state index contributed by atoms with van der Waals surface area (Å²) in [5, 5.41) is 0.277. The molecule has 1 aliphatic rings. The first kappa shape index (κ1) is 27.3. The normalized spacial score (nSPS) is 18.2. The van der Waals surface area contributed by atoms with Gasteiger partial charge in [-0.05, 0) is 39.5 Å². The number of imide groups is 1. The summed E-state index contributed by atoms with van der Waals surface area (Å²) in [6.45, 7) is 10.3. The molecular formula is C22H32N2O7S. The molecule has 1 aliphatic carbocycles. The Morgan fingerprint density at radius 2 is 1.72 bits per heavy atom. The Kier molecular flexibility index (Phi) is 11.1. The molecule has 0 aromatic heterocycles. The molecule has 0 aromatic carbocycles. The number of hydrazine groups is 1. The fraction of sp³-hybridized carbons (Fsp3) is 0.500. The monoisotopic (exact) mass is 468 g/mol. The van der Waals surface area contributed by atoms with Crippen molar-refractivity contribution >= 4 is 28.5 Å². The van der Waals surface area contributed by atoms with Gasteiger partial charge in [0.2, 0.25) is 10.0 Å². The fourth-order valence-electron chi connectivity index (χ4n) is 3.22. The minimum Gasteiger partial charge on any atom is -0.444 e. The Balaban J connectivity index is 3.47. The van der Waals surface area contributed by atoms with Gasteiger partial charge in [0.15, 0.2) is 0 Å². The van der Waals surface area contributed by atoms with Crippen LogP contribution in [0, 0.1) is 5.92 Å². The highest BCUT2D eigenvalue weighted by Crippen LogP contribution is 2.31. The number of hydrogen-bond donors (Lipinski definition) is 0. The Labute approximate surface area is 190 Å². The number of rotatable bonds is 11.